The molecule has 1 aliphatic rings. The van der Waals surface area contributed by atoms with Crippen molar-refractivity contribution in [2.24, 2.45) is 0 Å². The summed E-state index contributed by atoms with van der Waals surface area (Å²) in [6.07, 6.45) is -3.19. The third-order valence-corrected chi connectivity index (χ3v) is 8.02. The molecule has 3 aromatic rings. The third kappa shape index (κ3) is 6.17. The highest BCUT2D eigenvalue weighted by molar-refractivity contribution is 7.92. The Balaban J connectivity index is 1.80. The molecule has 1 atom stereocenters. The van der Waals surface area contributed by atoms with Gasteiger partial charge in [0.25, 0.3) is 10.0 Å². The molecule has 0 radical (unpaired) electrons. The van der Waals surface area contributed by atoms with Crippen LogP contribution in [0.15, 0.2) is 59.8 Å². The van der Waals surface area contributed by atoms with Crippen molar-refractivity contribution in [3.63, 3.8) is 0 Å². The van der Waals surface area contributed by atoms with E-state index >= 15 is 0 Å². The highest BCUT2D eigenvalue weighted by Gasteiger charge is 2.37. The Bertz CT molecular complexity index is 1540. The highest BCUT2D eigenvalue weighted by Crippen LogP contribution is 2.40. The molecular formula is C26H21ClF4N2O5S. The van der Waals surface area contributed by atoms with Crippen molar-refractivity contribution in [1.29, 1.82) is 0 Å². The van der Waals surface area contributed by atoms with Gasteiger partial charge in [0.1, 0.15) is 22.6 Å². The van der Waals surface area contributed by atoms with Crippen LogP contribution in [0.5, 0.6) is 5.75 Å². The average Bonchev–Trinajstić information content (AvgIpc) is 2.86. The summed E-state index contributed by atoms with van der Waals surface area (Å²) in [5.74, 6) is -1.59. The lowest BCUT2D eigenvalue weighted by Crippen LogP contribution is -2.43. The number of carboxylic acids is 1. The van der Waals surface area contributed by atoms with Crippen LogP contribution < -0.4 is 9.04 Å². The summed E-state index contributed by atoms with van der Waals surface area (Å²) >= 11 is 6.15. The SMILES string of the molecule is C/C(=C\c1ccc2c(c1)N(S(=O)(=O)c1cncc(C(F)(F)F)c1)C[C@H](CCC(=O)O)O2)c1c(F)cccc1Cl. The number of carbonyl (C=O) groups is 1. The molecule has 13 heteroatoms. The number of aromatic nitrogens is 1. The molecule has 0 saturated heterocycles. The molecule has 7 nitrogen and oxygen atoms in total. The second-order valence-corrected chi connectivity index (χ2v) is 11.0. The molecule has 0 fully saturated rings. The first-order chi connectivity index (χ1) is 18.3. The van der Waals surface area contributed by atoms with Gasteiger partial charge >= 0.3 is 12.1 Å². The number of fused-ring (bicyclic) bond motifs is 1. The molecule has 0 aliphatic carbocycles. The van der Waals surface area contributed by atoms with Crippen molar-refractivity contribution in [1.82, 2.24) is 4.98 Å². The lowest BCUT2D eigenvalue weighted by Gasteiger charge is -2.35. The summed E-state index contributed by atoms with van der Waals surface area (Å²) in [4.78, 5) is 13.9. The van der Waals surface area contributed by atoms with Crippen LogP contribution in [-0.2, 0) is 21.0 Å². The van der Waals surface area contributed by atoms with Gasteiger partial charge in [0.2, 0.25) is 0 Å². The summed E-state index contributed by atoms with van der Waals surface area (Å²) in [5, 5.41) is 9.23. The van der Waals surface area contributed by atoms with Crippen molar-refractivity contribution < 1.29 is 40.6 Å². The van der Waals surface area contributed by atoms with Crippen LogP contribution in [0.25, 0.3) is 11.6 Å². The summed E-state index contributed by atoms with van der Waals surface area (Å²) in [7, 11) is -4.60. The van der Waals surface area contributed by atoms with Crippen LogP contribution in [0, 0.1) is 5.82 Å². The van der Waals surface area contributed by atoms with Crippen LogP contribution in [0.1, 0.15) is 36.5 Å². The van der Waals surface area contributed by atoms with Gasteiger partial charge in [0, 0.05) is 24.4 Å². The first-order valence-corrected chi connectivity index (χ1v) is 13.3. The molecule has 4 rings (SSSR count). The molecule has 0 spiro atoms. The molecule has 0 amide bonds. The van der Waals surface area contributed by atoms with Gasteiger partial charge in [-0.2, -0.15) is 13.2 Å². The summed E-state index contributed by atoms with van der Waals surface area (Å²) in [6, 6.07) is 9.17. The predicted octanol–water partition coefficient (Wildman–Crippen LogP) is 6.27. The Labute approximate surface area is 226 Å². The molecular weight excluding hydrogens is 564 g/mol. The molecule has 2 heterocycles. The molecule has 0 bridgehead atoms. The van der Waals surface area contributed by atoms with Gasteiger partial charge in [0.15, 0.2) is 0 Å². The number of pyridine rings is 1. The zero-order valence-electron chi connectivity index (χ0n) is 20.2. The average molecular weight is 585 g/mol. The Kier molecular flexibility index (Phi) is 7.89. The van der Waals surface area contributed by atoms with Crippen molar-refractivity contribution in [2.75, 3.05) is 10.8 Å². The van der Waals surface area contributed by atoms with Gasteiger partial charge in [-0.25, -0.2) is 12.8 Å². The van der Waals surface area contributed by atoms with E-state index in [9.17, 15) is 30.8 Å². The number of sulfonamides is 1. The zero-order chi connectivity index (χ0) is 28.5. The number of ether oxygens (including phenoxy) is 1. The molecule has 206 valence electrons. The van der Waals surface area contributed by atoms with Crippen LogP contribution in [0.4, 0.5) is 23.2 Å². The highest BCUT2D eigenvalue weighted by atomic mass is 35.5. The Morgan fingerprint density at radius 3 is 2.64 bits per heavy atom. The number of carboxylic acid groups (broad SMARTS) is 1. The maximum Gasteiger partial charge on any atom is 0.417 e. The van der Waals surface area contributed by atoms with E-state index in [2.05, 4.69) is 4.98 Å². The second-order valence-electron chi connectivity index (χ2n) is 8.77. The van der Waals surface area contributed by atoms with Crippen molar-refractivity contribution in [3.05, 3.63) is 82.4 Å². The van der Waals surface area contributed by atoms with E-state index in [-0.39, 0.29) is 41.4 Å². The van der Waals surface area contributed by atoms with Gasteiger partial charge in [-0.05, 0) is 54.8 Å². The van der Waals surface area contributed by atoms with E-state index in [1.165, 1.54) is 30.3 Å². The number of benzene rings is 2. The number of anilines is 1. The molecule has 39 heavy (non-hydrogen) atoms. The number of rotatable bonds is 7. The molecule has 0 saturated carbocycles. The molecule has 1 aliphatic heterocycles. The Hall–Kier alpha value is -3.64. The van der Waals surface area contributed by atoms with Crippen LogP contribution >= 0.6 is 11.6 Å². The molecule has 1 aromatic heterocycles. The van der Waals surface area contributed by atoms with Gasteiger partial charge in [-0.15, -0.1) is 0 Å². The Morgan fingerprint density at radius 1 is 1.23 bits per heavy atom. The van der Waals surface area contributed by atoms with Crippen molar-refractivity contribution in [3.8, 4) is 5.75 Å². The number of alkyl halides is 3. The van der Waals surface area contributed by atoms with E-state index in [4.69, 9.17) is 21.4 Å². The zero-order valence-corrected chi connectivity index (χ0v) is 21.8. The smallest absolute Gasteiger partial charge is 0.417 e. The van der Waals surface area contributed by atoms with Gasteiger partial charge < -0.3 is 9.84 Å². The summed E-state index contributed by atoms with van der Waals surface area (Å²) in [5.41, 5.74) is -0.207. The van der Waals surface area contributed by atoms with Crippen molar-refractivity contribution in [2.45, 2.75) is 36.9 Å². The molecule has 1 N–H and O–H groups in total. The predicted molar refractivity (Wildman–Crippen MR) is 136 cm³/mol. The number of halogens is 5. The van der Waals surface area contributed by atoms with E-state index in [1.54, 1.807) is 19.1 Å². The van der Waals surface area contributed by atoms with Crippen LogP contribution in [0.3, 0.4) is 0 Å². The largest absolute Gasteiger partial charge is 0.486 e. The van der Waals surface area contributed by atoms with Gasteiger partial charge in [-0.3, -0.25) is 14.1 Å². The van der Waals surface area contributed by atoms with E-state index in [0.717, 1.165) is 10.5 Å². The Morgan fingerprint density at radius 2 is 1.97 bits per heavy atom. The normalized spacial score (nSPS) is 16.0. The molecule has 2 aromatic carbocycles. The maximum atomic E-state index is 14.4. The number of allylic oxidation sites excluding steroid dienone is 1. The number of hydrogen-bond acceptors (Lipinski definition) is 5. The lowest BCUT2D eigenvalue weighted by atomic mass is 10.0. The standard InChI is InChI=1S/C26H21ClF4N2O5S/c1-15(25-20(27)3-2-4-21(25)28)9-16-5-7-23-22(10-16)33(14-18(38-23)6-8-24(34)35)39(36,37)19-11-17(12-32-13-19)26(29,30)31/h2-5,7,9-13,18H,6,8,14H2,1H3,(H,34,35)/b15-9+/t18-/m0/s1. The first-order valence-electron chi connectivity index (χ1n) is 11.5. The van der Waals surface area contributed by atoms with E-state index in [1.807, 2.05) is 0 Å². The lowest BCUT2D eigenvalue weighted by molar-refractivity contribution is -0.138. The fourth-order valence-electron chi connectivity index (χ4n) is 4.12. The van der Waals surface area contributed by atoms with Gasteiger partial charge in [0.05, 0.1) is 22.8 Å². The third-order valence-electron chi connectivity index (χ3n) is 5.96. The number of aliphatic carboxylic acids is 1. The van der Waals surface area contributed by atoms with Gasteiger partial charge in [-0.1, -0.05) is 29.8 Å². The van der Waals surface area contributed by atoms with Crippen molar-refractivity contribution >= 4 is 44.9 Å². The topological polar surface area (TPSA) is 96.8 Å². The molecule has 0 unspecified atom stereocenters. The second kappa shape index (κ2) is 10.9. The minimum Gasteiger partial charge on any atom is -0.486 e. The number of nitrogens with zero attached hydrogens (tertiary/aromatic N) is 2. The summed E-state index contributed by atoms with van der Waals surface area (Å²) in [6.45, 7) is 1.26. The fraction of sp³-hybridized carbons (Fsp3) is 0.231. The summed E-state index contributed by atoms with van der Waals surface area (Å²) < 4.78 is 88.2. The number of hydrogen-bond donors (Lipinski definition) is 1. The minimum absolute atomic E-state index is 0.0140. The van der Waals surface area contributed by atoms with Crippen LogP contribution in [-0.4, -0.2) is 37.1 Å². The monoisotopic (exact) mass is 584 g/mol. The van der Waals surface area contributed by atoms with E-state index in [0.29, 0.717) is 23.4 Å². The van der Waals surface area contributed by atoms with Crippen LogP contribution in [0.2, 0.25) is 5.02 Å². The fourth-order valence-corrected chi connectivity index (χ4v) is 5.92. The minimum atomic E-state index is -4.82. The maximum absolute atomic E-state index is 14.4. The van der Waals surface area contributed by atoms with E-state index < -0.39 is 44.5 Å². The quantitative estimate of drug-likeness (QED) is 0.260. The first kappa shape index (κ1) is 28.4.